The summed E-state index contributed by atoms with van der Waals surface area (Å²) in [5, 5.41) is 4.19. The normalized spacial score (nSPS) is 10.6. The fourth-order valence-corrected chi connectivity index (χ4v) is 2.68. The quantitative estimate of drug-likeness (QED) is 0.722. The minimum Gasteiger partial charge on any atom is -0.496 e. The molecular formula is C17H15ClN4O2. The number of hydrogen-bond acceptors (Lipinski definition) is 5. The summed E-state index contributed by atoms with van der Waals surface area (Å²) in [6, 6.07) is 6.91. The zero-order chi connectivity index (χ0) is 17.1. The number of halogens is 1. The highest BCUT2D eigenvalue weighted by Gasteiger charge is 2.16. The predicted octanol–water partition coefficient (Wildman–Crippen LogP) is 3.04. The summed E-state index contributed by atoms with van der Waals surface area (Å²) in [5.41, 5.74) is 0.741. The molecule has 122 valence electrons. The summed E-state index contributed by atoms with van der Waals surface area (Å²) in [7, 11) is 1.54. The summed E-state index contributed by atoms with van der Waals surface area (Å²) in [6.07, 6.45) is 4.91. The lowest BCUT2D eigenvalue weighted by molar-refractivity contribution is 0.419. The molecule has 2 aromatic heterocycles. The Labute approximate surface area is 143 Å². The third kappa shape index (κ3) is 2.83. The van der Waals surface area contributed by atoms with Crippen molar-refractivity contribution < 1.29 is 4.74 Å². The van der Waals surface area contributed by atoms with Crippen LogP contribution in [-0.4, -0.2) is 28.2 Å². The lowest BCUT2D eigenvalue weighted by atomic mass is 10.2. The average molecular weight is 343 g/mol. The van der Waals surface area contributed by atoms with E-state index >= 15 is 0 Å². The van der Waals surface area contributed by atoms with Gasteiger partial charge in [-0.3, -0.25) is 9.55 Å². The maximum absolute atomic E-state index is 12.6. The molecule has 3 rings (SSSR count). The van der Waals surface area contributed by atoms with Gasteiger partial charge in [-0.1, -0.05) is 17.7 Å². The lowest BCUT2D eigenvalue weighted by Crippen LogP contribution is -2.24. The van der Waals surface area contributed by atoms with Gasteiger partial charge in [-0.05, 0) is 24.3 Å². The van der Waals surface area contributed by atoms with Crippen LogP contribution in [0.5, 0.6) is 5.75 Å². The Morgan fingerprint density at radius 2 is 2.29 bits per heavy atom. The Bertz CT molecular complexity index is 954. The highest BCUT2D eigenvalue weighted by atomic mass is 35.5. The van der Waals surface area contributed by atoms with E-state index in [1.54, 1.807) is 49.8 Å². The molecule has 0 unspecified atom stereocenters. The van der Waals surface area contributed by atoms with Gasteiger partial charge in [0.25, 0.3) is 0 Å². The van der Waals surface area contributed by atoms with Crippen molar-refractivity contribution in [3.05, 3.63) is 64.8 Å². The fraction of sp³-hybridized carbons (Fsp3) is 0.118. The molecule has 0 bridgehead atoms. The molecule has 1 N–H and O–H groups in total. The van der Waals surface area contributed by atoms with Crippen LogP contribution in [0.2, 0.25) is 5.02 Å². The molecule has 1 aromatic carbocycles. The summed E-state index contributed by atoms with van der Waals surface area (Å²) < 4.78 is 6.89. The molecule has 0 spiro atoms. The van der Waals surface area contributed by atoms with E-state index in [-0.39, 0.29) is 0 Å². The highest BCUT2D eigenvalue weighted by molar-refractivity contribution is 6.31. The van der Waals surface area contributed by atoms with Gasteiger partial charge < -0.3 is 10.1 Å². The number of aromatic nitrogens is 3. The maximum Gasteiger partial charge on any atom is 0.354 e. The second-order valence-electron chi connectivity index (χ2n) is 4.96. The molecule has 7 heteroatoms. The SMILES string of the molecule is C=CCNc1nc(=O)n(-c2cccnc2)c2cc(Cl)cc(OC)c12. The van der Waals surface area contributed by atoms with Crippen LogP contribution in [0.1, 0.15) is 0 Å². The van der Waals surface area contributed by atoms with Gasteiger partial charge in [-0.25, -0.2) is 4.79 Å². The van der Waals surface area contributed by atoms with Gasteiger partial charge in [0, 0.05) is 17.8 Å². The summed E-state index contributed by atoms with van der Waals surface area (Å²) in [6.45, 7) is 4.13. The van der Waals surface area contributed by atoms with Crippen LogP contribution in [0, 0.1) is 0 Å². The summed E-state index contributed by atoms with van der Waals surface area (Å²) in [4.78, 5) is 20.8. The second kappa shape index (κ2) is 6.72. The largest absolute Gasteiger partial charge is 0.496 e. The first-order valence-corrected chi connectivity index (χ1v) is 7.59. The molecular weight excluding hydrogens is 328 g/mol. The van der Waals surface area contributed by atoms with Crippen molar-refractivity contribution >= 4 is 28.3 Å². The van der Waals surface area contributed by atoms with Crippen molar-refractivity contribution in [3.8, 4) is 11.4 Å². The smallest absolute Gasteiger partial charge is 0.354 e. The van der Waals surface area contributed by atoms with Crippen LogP contribution in [0.25, 0.3) is 16.6 Å². The van der Waals surface area contributed by atoms with E-state index in [2.05, 4.69) is 21.9 Å². The number of benzene rings is 1. The van der Waals surface area contributed by atoms with Crippen LogP contribution in [0.3, 0.4) is 0 Å². The standard InChI is InChI=1S/C17H15ClN4O2/c1-3-6-20-16-15-13(8-11(18)9-14(15)24-2)22(17(23)21-16)12-5-4-7-19-10-12/h3-5,7-10H,1,6H2,2H3,(H,20,21,23). The van der Waals surface area contributed by atoms with Gasteiger partial charge in [0.1, 0.15) is 11.6 Å². The van der Waals surface area contributed by atoms with Gasteiger partial charge in [-0.2, -0.15) is 4.98 Å². The Kier molecular flexibility index (Phi) is 4.48. The van der Waals surface area contributed by atoms with E-state index in [9.17, 15) is 4.79 Å². The molecule has 6 nitrogen and oxygen atoms in total. The number of rotatable bonds is 5. The molecule has 0 saturated heterocycles. The van der Waals surface area contributed by atoms with Gasteiger partial charge in [-0.15, -0.1) is 6.58 Å². The minimum absolute atomic E-state index is 0.420. The number of fused-ring (bicyclic) bond motifs is 1. The molecule has 0 fully saturated rings. The molecule has 2 heterocycles. The van der Waals surface area contributed by atoms with Crippen LogP contribution < -0.4 is 15.7 Å². The molecule has 0 aliphatic heterocycles. The molecule has 24 heavy (non-hydrogen) atoms. The van der Waals surface area contributed by atoms with Gasteiger partial charge in [0.15, 0.2) is 0 Å². The zero-order valence-corrected chi connectivity index (χ0v) is 13.7. The predicted molar refractivity (Wildman–Crippen MR) is 95.4 cm³/mol. The minimum atomic E-state index is -0.439. The first-order valence-electron chi connectivity index (χ1n) is 7.21. The average Bonchev–Trinajstić information content (AvgIpc) is 2.59. The van der Waals surface area contributed by atoms with E-state index < -0.39 is 5.69 Å². The van der Waals surface area contributed by atoms with Crippen molar-refractivity contribution in [1.29, 1.82) is 0 Å². The van der Waals surface area contributed by atoms with E-state index in [0.717, 1.165) is 0 Å². The molecule has 0 aliphatic rings. The van der Waals surface area contributed by atoms with Gasteiger partial charge in [0.2, 0.25) is 0 Å². The summed E-state index contributed by atoms with van der Waals surface area (Å²) >= 11 is 6.20. The lowest BCUT2D eigenvalue weighted by Gasteiger charge is -2.15. The number of ether oxygens (including phenoxy) is 1. The number of hydrogen-bond donors (Lipinski definition) is 1. The first-order chi connectivity index (χ1) is 11.7. The fourth-order valence-electron chi connectivity index (χ4n) is 2.48. The molecule has 0 amide bonds. The second-order valence-corrected chi connectivity index (χ2v) is 5.40. The van der Waals surface area contributed by atoms with E-state index in [1.165, 1.54) is 4.57 Å². The molecule has 0 radical (unpaired) electrons. The van der Waals surface area contributed by atoms with Crippen LogP contribution in [0.15, 0.2) is 54.1 Å². The monoisotopic (exact) mass is 342 g/mol. The maximum atomic E-state index is 12.6. The Hall–Kier alpha value is -2.86. The number of nitrogens with one attached hydrogen (secondary N) is 1. The Morgan fingerprint density at radius 1 is 1.46 bits per heavy atom. The van der Waals surface area contributed by atoms with Gasteiger partial charge in [0.05, 0.1) is 29.9 Å². The third-order valence-electron chi connectivity index (χ3n) is 3.46. The molecule has 0 atom stereocenters. The number of nitrogens with zero attached hydrogens (tertiary/aromatic N) is 3. The van der Waals surface area contributed by atoms with Crippen molar-refractivity contribution in [2.24, 2.45) is 0 Å². The number of methoxy groups -OCH3 is 1. The molecule has 0 saturated carbocycles. The topological polar surface area (TPSA) is 69.0 Å². The van der Waals surface area contributed by atoms with Crippen LogP contribution >= 0.6 is 11.6 Å². The molecule has 3 aromatic rings. The van der Waals surface area contributed by atoms with E-state index in [0.29, 0.717) is 39.7 Å². The van der Waals surface area contributed by atoms with Crippen molar-refractivity contribution in [3.63, 3.8) is 0 Å². The van der Waals surface area contributed by atoms with Crippen molar-refractivity contribution in [2.45, 2.75) is 0 Å². The van der Waals surface area contributed by atoms with Crippen LogP contribution in [0.4, 0.5) is 5.82 Å². The first kappa shape index (κ1) is 16.0. The Morgan fingerprint density at radius 3 is 2.96 bits per heavy atom. The van der Waals surface area contributed by atoms with E-state index in [4.69, 9.17) is 16.3 Å². The molecule has 0 aliphatic carbocycles. The third-order valence-corrected chi connectivity index (χ3v) is 3.68. The van der Waals surface area contributed by atoms with Crippen LogP contribution in [-0.2, 0) is 0 Å². The van der Waals surface area contributed by atoms with Crippen molar-refractivity contribution in [2.75, 3.05) is 19.0 Å². The number of anilines is 1. The zero-order valence-electron chi connectivity index (χ0n) is 13.0. The Balaban J connectivity index is 2.42. The summed E-state index contributed by atoms with van der Waals surface area (Å²) in [5.74, 6) is 0.942. The van der Waals surface area contributed by atoms with Crippen molar-refractivity contribution in [1.82, 2.24) is 14.5 Å². The van der Waals surface area contributed by atoms with E-state index in [1.807, 2.05) is 0 Å². The highest BCUT2D eigenvalue weighted by Crippen LogP contribution is 2.34. The number of pyridine rings is 1. The van der Waals surface area contributed by atoms with Gasteiger partial charge >= 0.3 is 5.69 Å².